The molecule has 7 aliphatic rings. The van der Waals surface area contributed by atoms with E-state index in [1.807, 2.05) is 4.90 Å². The number of rotatable bonds is 1. The molecule has 4 bridgehead atoms. The first-order valence-corrected chi connectivity index (χ1v) is 9.05. The number of nitrogens with zero attached hydrogens (tertiary/aromatic N) is 3. The molecule has 0 aromatic heterocycles. The summed E-state index contributed by atoms with van der Waals surface area (Å²) in [6.45, 7) is 0. The molecule has 5 heteroatoms. The van der Waals surface area contributed by atoms with Gasteiger partial charge in [0.25, 0.3) is 0 Å². The van der Waals surface area contributed by atoms with E-state index in [4.69, 9.17) is 4.99 Å². The van der Waals surface area contributed by atoms with E-state index >= 15 is 0 Å². The van der Waals surface area contributed by atoms with Gasteiger partial charge in [0.2, 0.25) is 5.91 Å². The van der Waals surface area contributed by atoms with Crippen LogP contribution in [0.2, 0.25) is 0 Å². The van der Waals surface area contributed by atoms with E-state index in [0.29, 0.717) is 23.8 Å². The van der Waals surface area contributed by atoms with Crippen molar-refractivity contribution in [1.82, 2.24) is 4.90 Å². The van der Waals surface area contributed by atoms with E-state index in [2.05, 4.69) is 6.07 Å². The van der Waals surface area contributed by atoms with Crippen molar-refractivity contribution in [3.8, 4) is 6.07 Å². The van der Waals surface area contributed by atoms with E-state index in [1.54, 1.807) is 0 Å². The molecule has 6 fully saturated rings. The molecule has 0 aromatic carbocycles. The Morgan fingerprint density at radius 3 is 2.96 bits per heavy atom. The molecule has 1 saturated heterocycles. The fraction of sp³-hybridized carbons (Fsp3) is 0.833. The zero-order valence-corrected chi connectivity index (χ0v) is 13.1. The van der Waals surface area contributed by atoms with E-state index in [-0.39, 0.29) is 23.4 Å². The normalized spacial score (nSPS) is 57.2. The Morgan fingerprint density at radius 2 is 2.17 bits per heavy atom. The van der Waals surface area contributed by atoms with Gasteiger partial charge >= 0.3 is 0 Å². The summed E-state index contributed by atoms with van der Waals surface area (Å²) in [7, 11) is 0. The van der Waals surface area contributed by atoms with Crippen LogP contribution in [0.3, 0.4) is 0 Å². The van der Waals surface area contributed by atoms with Crippen LogP contribution in [0, 0.1) is 34.5 Å². The summed E-state index contributed by atoms with van der Waals surface area (Å²) >= 11 is 0. The molecule has 120 valence electrons. The minimum atomic E-state index is -0.564. The summed E-state index contributed by atoms with van der Waals surface area (Å²) < 4.78 is 0. The molecular formula is C18H21N3O2. The molecular weight excluding hydrogens is 290 g/mol. The molecule has 0 radical (unpaired) electrons. The quantitative estimate of drug-likeness (QED) is 0.792. The van der Waals surface area contributed by atoms with Crippen LogP contribution in [-0.4, -0.2) is 45.4 Å². The van der Waals surface area contributed by atoms with Crippen molar-refractivity contribution >= 4 is 11.6 Å². The Balaban J connectivity index is 1.37. The SMILES string of the molecule is N#C[C@@H]1C[C@@H]2C[C@@H]2N1C(=O)[C@H]1N=C2[C@@H]3C[C@H]4C[C@@](O)(C3)C[C@]21C4. The first-order chi connectivity index (χ1) is 11.0. The van der Waals surface area contributed by atoms with Crippen LogP contribution in [-0.2, 0) is 4.79 Å². The monoisotopic (exact) mass is 311 g/mol. The van der Waals surface area contributed by atoms with Crippen LogP contribution >= 0.6 is 0 Å². The van der Waals surface area contributed by atoms with Gasteiger partial charge in [-0.3, -0.25) is 9.79 Å². The lowest BCUT2D eigenvalue weighted by Crippen LogP contribution is -2.71. The standard InChI is InChI=1S/C18H21N3O2/c19-7-12-2-10-3-13(10)21(12)16(22)15-18-5-9-1-11(14(18)20-15)6-17(23,4-9)8-18/h9-13,15,23H,1-6,8H2/t9-,10+,11+,12-,13-,15+,17+,18+/m0/s1. The van der Waals surface area contributed by atoms with Crippen molar-refractivity contribution in [3.05, 3.63) is 0 Å². The summed E-state index contributed by atoms with van der Waals surface area (Å²) in [6.07, 6.45) is 6.57. The summed E-state index contributed by atoms with van der Waals surface area (Å²) in [5.74, 6) is 1.59. The number of likely N-dealkylation sites (tertiary alicyclic amines) is 1. The number of fused-ring (bicyclic) bond motifs is 1. The number of hydrogen-bond donors (Lipinski definition) is 1. The smallest absolute Gasteiger partial charge is 0.249 e. The largest absolute Gasteiger partial charge is 0.390 e. The molecule has 2 aliphatic heterocycles. The highest BCUT2D eigenvalue weighted by molar-refractivity contribution is 6.07. The van der Waals surface area contributed by atoms with Gasteiger partial charge in [-0.25, -0.2) is 0 Å². The Morgan fingerprint density at radius 1 is 1.30 bits per heavy atom. The van der Waals surface area contributed by atoms with Crippen molar-refractivity contribution in [2.75, 3.05) is 0 Å². The summed E-state index contributed by atoms with van der Waals surface area (Å²) in [6, 6.07) is 2.05. The van der Waals surface area contributed by atoms with Gasteiger partial charge in [-0.1, -0.05) is 0 Å². The first-order valence-electron chi connectivity index (χ1n) is 9.05. The Hall–Kier alpha value is -1.41. The number of piperidine rings is 1. The fourth-order valence-corrected chi connectivity index (χ4v) is 7.03. The van der Waals surface area contributed by atoms with Crippen molar-refractivity contribution in [3.63, 3.8) is 0 Å². The average molecular weight is 311 g/mol. The third-order valence-corrected chi connectivity index (χ3v) is 7.64. The Labute approximate surface area is 135 Å². The van der Waals surface area contributed by atoms with Crippen molar-refractivity contribution in [2.24, 2.45) is 28.2 Å². The van der Waals surface area contributed by atoms with Crippen molar-refractivity contribution < 1.29 is 9.90 Å². The van der Waals surface area contributed by atoms with Gasteiger partial charge in [-0.2, -0.15) is 5.26 Å². The lowest BCUT2D eigenvalue weighted by atomic mass is 9.43. The molecule has 7 rings (SSSR count). The maximum atomic E-state index is 13.2. The van der Waals surface area contributed by atoms with Crippen LogP contribution in [0.25, 0.3) is 0 Å². The second-order valence-electron chi connectivity index (χ2n) is 9.07. The van der Waals surface area contributed by atoms with Crippen molar-refractivity contribution in [1.29, 1.82) is 5.26 Å². The molecule has 2 heterocycles. The van der Waals surface area contributed by atoms with Gasteiger partial charge in [-0.05, 0) is 56.8 Å². The predicted molar refractivity (Wildman–Crippen MR) is 81.4 cm³/mol. The van der Waals surface area contributed by atoms with E-state index in [1.165, 1.54) is 5.71 Å². The first kappa shape index (κ1) is 12.9. The molecule has 1 N–H and O–H groups in total. The van der Waals surface area contributed by atoms with Gasteiger partial charge in [0.1, 0.15) is 12.1 Å². The Kier molecular flexibility index (Phi) is 2.05. The minimum Gasteiger partial charge on any atom is -0.390 e. The zero-order valence-electron chi connectivity index (χ0n) is 13.1. The zero-order chi connectivity index (χ0) is 15.6. The van der Waals surface area contributed by atoms with Crippen LogP contribution in [0.4, 0.5) is 0 Å². The van der Waals surface area contributed by atoms with Crippen LogP contribution in [0.15, 0.2) is 4.99 Å². The highest BCUT2D eigenvalue weighted by Gasteiger charge is 2.70. The van der Waals surface area contributed by atoms with Gasteiger partial charge in [-0.15, -0.1) is 0 Å². The molecule has 1 spiro atoms. The van der Waals surface area contributed by atoms with Gasteiger partial charge in [0.15, 0.2) is 0 Å². The number of aliphatic imine (C=N–C) groups is 1. The molecule has 0 unspecified atom stereocenters. The third kappa shape index (κ3) is 1.39. The highest BCUT2D eigenvalue weighted by Crippen LogP contribution is 2.65. The van der Waals surface area contributed by atoms with Crippen LogP contribution in [0.1, 0.15) is 44.9 Å². The van der Waals surface area contributed by atoms with Gasteiger partial charge < -0.3 is 10.0 Å². The highest BCUT2D eigenvalue weighted by atomic mass is 16.3. The van der Waals surface area contributed by atoms with Gasteiger partial charge in [0, 0.05) is 23.1 Å². The lowest BCUT2D eigenvalue weighted by molar-refractivity contribution is -0.150. The molecule has 5 saturated carbocycles. The molecule has 8 atom stereocenters. The number of carbonyl (C=O) groups excluding carboxylic acids is 1. The number of amides is 1. The van der Waals surface area contributed by atoms with Gasteiger partial charge in [0.05, 0.1) is 11.7 Å². The maximum Gasteiger partial charge on any atom is 0.249 e. The number of aliphatic hydroxyl groups is 1. The maximum absolute atomic E-state index is 13.2. The van der Waals surface area contributed by atoms with Crippen LogP contribution < -0.4 is 0 Å². The molecule has 23 heavy (non-hydrogen) atoms. The fourth-order valence-electron chi connectivity index (χ4n) is 7.03. The average Bonchev–Trinajstić information content (AvgIpc) is 3.13. The summed E-state index contributed by atoms with van der Waals surface area (Å²) in [5, 5.41) is 20.3. The molecule has 0 aromatic rings. The van der Waals surface area contributed by atoms with E-state index in [9.17, 15) is 15.2 Å². The topological polar surface area (TPSA) is 76.7 Å². The summed E-state index contributed by atoms with van der Waals surface area (Å²) in [5.41, 5.74) is 0.505. The van der Waals surface area contributed by atoms with Crippen molar-refractivity contribution in [2.45, 2.75) is 68.7 Å². The second-order valence-corrected chi connectivity index (χ2v) is 9.07. The lowest BCUT2D eigenvalue weighted by Gasteiger charge is -2.66. The summed E-state index contributed by atoms with van der Waals surface area (Å²) in [4.78, 5) is 19.8. The number of carbonyl (C=O) groups is 1. The molecule has 1 amide bonds. The third-order valence-electron chi connectivity index (χ3n) is 7.64. The number of nitriles is 1. The minimum absolute atomic E-state index is 0.0795. The second kappa shape index (κ2) is 3.64. The number of hydrogen-bond acceptors (Lipinski definition) is 4. The van der Waals surface area contributed by atoms with E-state index in [0.717, 1.165) is 44.9 Å². The molecule has 5 nitrogen and oxygen atoms in total. The predicted octanol–water partition coefficient (Wildman–Crippen LogP) is 1.26. The Bertz CT molecular complexity index is 712. The molecule has 5 aliphatic carbocycles. The van der Waals surface area contributed by atoms with E-state index < -0.39 is 5.60 Å². The van der Waals surface area contributed by atoms with Crippen LogP contribution in [0.5, 0.6) is 0 Å².